The number of unbranched alkanes of at least 4 members (excludes halogenated alkanes) is 1. The highest BCUT2D eigenvalue weighted by atomic mass is 16.5. The monoisotopic (exact) mass is 334 g/mol. The SMILES string of the molecule is CCCCOC(=O)C1=CCCC=C1C(=O)OCC1CCCCCC1. The van der Waals surface area contributed by atoms with Crippen LogP contribution in [0.15, 0.2) is 23.3 Å². The van der Waals surface area contributed by atoms with Gasteiger partial charge in [0.1, 0.15) is 0 Å². The molecule has 2 aliphatic carbocycles. The van der Waals surface area contributed by atoms with E-state index in [1.165, 1.54) is 25.7 Å². The van der Waals surface area contributed by atoms with Crippen LogP contribution in [0.25, 0.3) is 0 Å². The fraction of sp³-hybridized carbons (Fsp3) is 0.700. The summed E-state index contributed by atoms with van der Waals surface area (Å²) in [7, 11) is 0. The van der Waals surface area contributed by atoms with E-state index in [2.05, 4.69) is 0 Å². The molecule has 0 bridgehead atoms. The molecule has 0 aliphatic heterocycles. The molecule has 1 fully saturated rings. The van der Waals surface area contributed by atoms with Crippen LogP contribution in [0.2, 0.25) is 0 Å². The van der Waals surface area contributed by atoms with E-state index >= 15 is 0 Å². The number of ether oxygens (including phenoxy) is 2. The van der Waals surface area contributed by atoms with E-state index < -0.39 is 5.97 Å². The van der Waals surface area contributed by atoms with Gasteiger partial charge >= 0.3 is 11.9 Å². The number of esters is 2. The van der Waals surface area contributed by atoms with Gasteiger partial charge in [0.25, 0.3) is 0 Å². The van der Waals surface area contributed by atoms with Crippen molar-refractivity contribution in [1.29, 1.82) is 0 Å². The van der Waals surface area contributed by atoms with Crippen molar-refractivity contribution in [1.82, 2.24) is 0 Å². The van der Waals surface area contributed by atoms with Crippen LogP contribution in [-0.4, -0.2) is 25.2 Å². The minimum Gasteiger partial charge on any atom is -0.462 e. The topological polar surface area (TPSA) is 52.6 Å². The van der Waals surface area contributed by atoms with E-state index in [1.807, 2.05) is 13.0 Å². The average molecular weight is 334 g/mol. The van der Waals surface area contributed by atoms with Crippen LogP contribution >= 0.6 is 0 Å². The minimum absolute atomic E-state index is 0.377. The number of allylic oxidation sites excluding steroid dienone is 2. The zero-order valence-corrected chi connectivity index (χ0v) is 14.9. The Bertz CT molecular complexity index is 482. The molecule has 0 spiro atoms. The van der Waals surface area contributed by atoms with Crippen LogP contribution in [0.3, 0.4) is 0 Å². The molecule has 0 aromatic heterocycles. The number of carbonyl (C=O) groups is 2. The van der Waals surface area contributed by atoms with Gasteiger partial charge in [0.2, 0.25) is 0 Å². The summed E-state index contributed by atoms with van der Waals surface area (Å²) in [6.07, 6.45) is 14.2. The van der Waals surface area contributed by atoms with Crippen LogP contribution in [-0.2, 0) is 19.1 Å². The van der Waals surface area contributed by atoms with E-state index in [0.29, 0.717) is 30.3 Å². The van der Waals surface area contributed by atoms with Crippen molar-refractivity contribution in [2.24, 2.45) is 5.92 Å². The first-order valence-corrected chi connectivity index (χ1v) is 9.47. The summed E-state index contributed by atoms with van der Waals surface area (Å²) < 4.78 is 10.8. The van der Waals surface area contributed by atoms with Crippen molar-refractivity contribution in [3.8, 4) is 0 Å². The van der Waals surface area contributed by atoms with Gasteiger partial charge < -0.3 is 9.47 Å². The lowest BCUT2D eigenvalue weighted by molar-refractivity contribution is -0.143. The first-order chi connectivity index (χ1) is 11.7. The lowest BCUT2D eigenvalue weighted by Gasteiger charge is -2.17. The molecule has 0 aromatic rings. The largest absolute Gasteiger partial charge is 0.462 e. The summed E-state index contributed by atoms with van der Waals surface area (Å²) in [5, 5.41) is 0. The molecule has 2 rings (SSSR count). The van der Waals surface area contributed by atoms with Crippen LogP contribution < -0.4 is 0 Å². The van der Waals surface area contributed by atoms with Crippen LogP contribution in [0, 0.1) is 5.92 Å². The molecule has 4 heteroatoms. The van der Waals surface area contributed by atoms with Crippen LogP contribution in [0.4, 0.5) is 0 Å². The second-order valence-corrected chi connectivity index (χ2v) is 6.76. The average Bonchev–Trinajstić information content (AvgIpc) is 2.88. The molecule has 4 nitrogen and oxygen atoms in total. The zero-order valence-electron chi connectivity index (χ0n) is 14.9. The molecular formula is C20H30O4. The highest BCUT2D eigenvalue weighted by Crippen LogP contribution is 2.25. The number of carbonyl (C=O) groups excluding carboxylic acids is 2. The molecule has 24 heavy (non-hydrogen) atoms. The molecule has 0 atom stereocenters. The smallest absolute Gasteiger partial charge is 0.338 e. The normalized spacial score (nSPS) is 19.0. The standard InChI is InChI=1S/C20H30O4/c1-2-3-14-23-19(21)17-12-8-9-13-18(17)20(22)24-15-16-10-6-4-5-7-11-16/h12-13,16H,2-11,14-15H2,1H3. The summed E-state index contributed by atoms with van der Waals surface area (Å²) in [5.41, 5.74) is 0.764. The second kappa shape index (κ2) is 10.3. The molecule has 0 aromatic carbocycles. The fourth-order valence-corrected chi connectivity index (χ4v) is 3.25. The zero-order chi connectivity index (χ0) is 17.2. The lowest BCUT2D eigenvalue weighted by atomic mass is 9.97. The van der Waals surface area contributed by atoms with Gasteiger partial charge in [0, 0.05) is 0 Å². The molecule has 0 heterocycles. The summed E-state index contributed by atoms with van der Waals surface area (Å²) >= 11 is 0. The minimum atomic E-state index is -0.402. The highest BCUT2D eigenvalue weighted by Gasteiger charge is 2.25. The Hall–Kier alpha value is -1.58. The van der Waals surface area contributed by atoms with Crippen molar-refractivity contribution >= 4 is 11.9 Å². The van der Waals surface area contributed by atoms with Gasteiger partial charge in [-0.25, -0.2) is 9.59 Å². The van der Waals surface area contributed by atoms with Crippen molar-refractivity contribution in [3.63, 3.8) is 0 Å². The molecule has 0 radical (unpaired) electrons. The Morgan fingerprint density at radius 3 is 2.12 bits per heavy atom. The summed E-state index contributed by atoms with van der Waals surface area (Å²) in [6.45, 7) is 2.91. The lowest BCUT2D eigenvalue weighted by Crippen LogP contribution is -2.21. The third kappa shape index (κ3) is 5.81. The maximum absolute atomic E-state index is 12.4. The Balaban J connectivity index is 1.87. The van der Waals surface area contributed by atoms with Gasteiger partial charge in [-0.1, -0.05) is 51.2 Å². The predicted molar refractivity (Wildman–Crippen MR) is 93.4 cm³/mol. The summed E-state index contributed by atoms with van der Waals surface area (Å²) in [5.74, 6) is -0.317. The fourth-order valence-electron chi connectivity index (χ4n) is 3.25. The van der Waals surface area contributed by atoms with Crippen molar-refractivity contribution < 1.29 is 19.1 Å². The van der Waals surface area contributed by atoms with Gasteiger partial charge in [0.15, 0.2) is 0 Å². The summed E-state index contributed by atoms with van der Waals surface area (Å²) in [6, 6.07) is 0. The van der Waals surface area contributed by atoms with E-state index in [-0.39, 0.29) is 5.97 Å². The Labute approximate surface area is 145 Å². The maximum Gasteiger partial charge on any atom is 0.338 e. The molecule has 0 amide bonds. The highest BCUT2D eigenvalue weighted by molar-refractivity contribution is 6.07. The Morgan fingerprint density at radius 1 is 0.958 bits per heavy atom. The molecule has 134 valence electrons. The van der Waals surface area contributed by atoms with Crippen molar-refractivity contribution in [2.45, 2.75) is 71.1 Å². The molecule has 0 saturated heterocycles. The number of rotatable bonds is 7. The molecule has 0 unspecified atom stereocenters. The van der Waals surface area contributed by atoms with E-state index in [4.69, 9.17) is 9.47 Å². The summed E-state index contributed by atoms with van der Waals surface area (Å²) in [4.78, 5) is 24.6. The van der Waals surface area contributed by atoms with Crippen molar-refractivity contribution in [2.75, 3.05) is 13.2 Å². The molecule has 0 N–H and O–H groups in total. The number of hydrogen-bond acceptors (Lipinski definition) is 4. The van der Waals surface area contributed by atoms with Crippen LogP contribution in [0.1, 0.15) is 71.1 Å². The van der Waals surface area contributed by atoms with Gasteiger partial charge in [-0.3, -0.25) is 0 Å². The maximum atomic E-state index is 12.4. The van der Waals surface area contributed by atoms with Gasteiger partial charge in [-0.15, -0.1) is 0 Å². The van der Waals surface area contributed by atoms with Gasteiger partial charge in [-0.2, -0.15) is 0 Å². The van der Waals surface area contributed by atoms with Gasteiger partial charge in [0.05, 0.1) is 24.4 Å². The Kier molecular flexibility index (Phi) is 8.06. The molecule has 2 aliphatic rings. The first kappa shape index (κ1) is 18.8. The van der Waals surface area contributed by atoms with E-state index in [9.17, 15) is 9.59 Å². The van der Waals surface area contributed by atoms with E-state index in [0.717, 1.165) is 38.5 Å². The first-order valence-electron chi connectivity index (χ1n) is 9.47. The van der Waals surface area contributed by atoms with Crippen LogP contribution in [0.5, 0.6) is 0 Å². The third-order valence-corrected chi connectivity index (χ3v) is 4.75. The molecule has 1 saturated carbocycles. The van der Waals surface area contributed by atoms with E-state index in [1.54, 1.807) is 6.08 Å². The van der Waals surface area contributed by atoms with Gasteiger partial charge in [-0.05, 0) is 38.0 Å². The predicted octanol–water partition coefficient (Wildman–Crippen LogP) is 4.49. The molecular weight excluding hydrogens is 304 g/mol. The van der Waals surface area contributed by atoms with Crippen molar-refractivity contribution in [3.05, 3.63) is 23.3 Å². The second-order valence-electron chi connectivity index (χ2n) is 6.76. The quantitative estimate of drug-likeness (QED) is 0.391. The number of hydrogen-bond donors (Lipinski definition) is 0. The Morgan fingerprint density at radius 2 is 1.54 bits per heavy atom. The third-order valence-electron chi connectivity index (χ3n) is 4.75.